The maximum Gasteiger partial charge on any atom is 0.340 e. The van der Waals surface area contributed by atoms with E-state index in [4.69, 9.17) is 4.74 Å². The van der Waals surface area contributed by atoms with E-state index in [1.165, 1.54) is 48.1 Å². The van der Waals surface area contributed by atoms with Gasteiger partial charge in [-0.3, -0.25) is 4.79 Å². The number of pyridine rings is 1. The molecule has 1 N–H and O–H groups in total. The summed E-state index contributed by atoms with van der Waals surface area (Å²) in [7, 11) is 1.32. The number of hydrogen-bond donors (Lipinski definition) is 1. The minimum absolute atomic E-state index is 0.124. The second-order valence-corrected chi connectivity index (χ2v) is 7.86. The fourth-order valence-corrected chi connectivity index (χ4v) is 5.14. The molecule has 0 saturated heterocycles. The Kier molecular flexibility index (Phi) is 5.08. The third-order valence-electron chi connectivity index (χ3n) is 4.14. The number of aromatic nitrogens is 1. The second-order valence-electron chi connectivity index (χ2n) is 5.89. The van der Waals surface area contributed by atoms with E-state index in [9.17, 15) is 18.4 Å². The summed E-state index contributed by atoms with van der Waals surface area (Å²) in [5, 5.41) is 4.27. The number of benzene rings is 1. The van der Waals surface area contributed by atoms with Crippen molar-refractivity contribution < 1.29 is 23.1 Å². The van der Waals surface area contributed by atoms with Crippen molar-refractivity contribution in [3.05, 3.63) is 70.7 Å². The van der Waals surface area contributed by atoms with Gasteiger partial charge in [0, 0.05) is 16.5 Å². The second kappa shape index (κ2) is 7.69. The fourth-order valence-electron chi connectivity index (χ4n) is 2.81. The highest BCUT2D eigenvalue weighted by Crippen LogP contribution is 2.41. The van der Waals surface area contributed by atoms with Crippen LogP contribution in [0.1, 0.15) is 20.7 Å². The van der Waals surface area contributed by atoms with Crippen molar-refractivity contribution in [1.29, 1.82) is 0 Å². The van der Waals surface area contributed by atoms with Gasteiger partial charge in [0.1, 0.15) is 23.0 Å². The molecule has 0 saturated carbocycles. The minimum Gasteiger partial charge on any atom is -0.465 e. The number of nitrogens with zero attached hydrogens (tertiary/aromatic N) is 1. The normalized spacial score (nSPS) is 10.9. The van der Waals surface area contributed by atoms with E-state index in [0.29, 0.717) is 16.0 Å². The van der Waals surface area contributed by atoms with Crippen LogP contribution in [-0.2, 0) is 4.74 Å². The molecule has 1 aromatic carbocycles. The Bertz CT molecular complexity index is 1210. The lowest BCUT2D eigenvalue weighted by molar-refractivity contribution is 0.0604. The monoisotopic (exact) mass is 430 g/mol. The average Bonchev–Trinajstić information content (AvgIpc) is 3.29. The highest BCUT2D eigenvalue weighted by atomic mass is 32.1. The van der Waals surface area contributed by atoms with Gasteiger partial charge in [-0.15, -0.1) is 22.7 Å². The molecule has 0 aliphatic rings. The van der Waals surface area contributed by atoms with Gasteiger partial charge in [0.15, 0.2) is 0 Å². The van der Waals surface area contributed by atoms with E-state index in [-0.39, 0.29) is 5.82 Å². The Morgan fingerprint density at radius 1 is 1.07 bits per heavy atom. The number of hydrogen-bond acceptors (Lipinski definition) is 6. The summed E-state index contributed by atoms with van der Waals surface area (Å²) in [4.78, 5) is 29.3. The molecule has 0 atom stereocenters. The van der Waals surface area contributed by atoms with Crippen LogP contribution in [0.15, 0.2) is 48.0 Å². The van der Waals surface area contributed by atoms with Crippen LogP contribution in [0.25, 0.3) is 19.8 Å². The van der Waals surface area contributed by atoms with Gasteiger partial charge in [-0.2, -0.15) is 0 Å². The molecule has 0 aliphatic carbocycles. The van der Waals surface area contributed by atoms with Crippen LogP contribution < -0.4 is 5.32 Å². The molecule has 0 aliphatic heterocycles. The molecule has 0 spiro atoms. The van der Waals surface area contributed by atoms with E-state index in [1.807, 2.05) is 11.4 Å². The largest absolute Gasteiger partial charge is 0.465 e. The van der Waals surface area contributed by atoms with Gasteiger partial charge < -0.3 is 10.1 Å². The molecule has 0 fully saturated rings. The molecule has 3 heterocycles. The van der Waals surface area contributed by atoms with Crippen molar-refractivity contribution in [2.75, 3.05) is 12.4 Å². The number of methoxy groups -OCH3 is 1. The highest BCUT2D eigenvalue weighted by molar-refractivity contribution is 7.29. The van der Waals surface area contributed by atoms with Crippen molar-refractivity contribution in [1.82, 2.24) is 4.98 Å². The van der Waals surface area contributed by atoms with E-state index < -0.39 is 29.1 Å². The standard InChI is InChI=1S/C20H12F2N2O3S2/c1-27-20(26)16-17(29-13-7-8-28-18(13)16)10-5-6-14(23-9-10)24-19(25)15-11(21)3-2-4-12(15)22/h2-9H,1H3,(H,23,24,25). The third-order valence-corrected chi connectivity index (χ3v) is 6.41. The first-order valence-electron chi connectivity index (χ1n) is 8.29. The first kappa shape index (κ1) is 19.2. The molecule has 5 nitrogen and oxygen atoms in total. The first-order chi connectivity index (χ1) is 14.0. The molecule has 3 aromatic heterocycles. The van der Waals surface area contributed by atoms with E-state index >= 15 is 0 Å². The Morgan fingerprint density at radius 2 is 1.83 bits per heavy atom. The van der Waals surface area contributed by atoms with Gasteiger partial charge in [-0.25, -0.2) is 18.6 Å². The van der Waals surface area contributed by atoms with Crippen molar-refractivity contribution in [3.63, 3.8) is 0 Å². The van der Waals surface area contributed by atoms with Crippen LogP contribution in [0.2, 0.25) is 0 Å². The van der Waals surface area contributed by atoms with E-state index in [2.05, 4.69) is 10.3 Å². The number of fused-ring (bicyclic) bond motifs is 1. The molecular formula is C20H12F2N2O3S2. The van der Waals surface area contributed by atoms with Crippen molar-refractivity contribution in [3.8, 4) is 10.4 Å². The quantitative estimate of drug-likeness (QED) is 0.444. The zero-order valence-corrected chi connectivity index (χ0v) is 16.5. The third kappa shape index (κ3) is 3.50. The molecule has 0 radical (unpaired) electrons. The van der Waals surface area contributed by atoms with Crippen LogP contribution >= 0.6 is 22.7 Å². The SMILES string of the molecule is COC(=O)c1c(-c2ccc(NC(=O)c3c(F)cccc3F)nc2)sc2ccsc12. The highest BCUT2D eigenvalue weighted by Gasteiger charge is 2.22. The predicted octanol–water partition coefficient (Wildman–Crippen LogP) is 5.34. The lowest BCUT2D eigenvalue weighted by atomic mass is 10.1. The van der Waals surface area contributed by atoms with Crippen LogP contribution in [0, 0.1) is 11.6 Å². The summed E-state index contributed by atoms with van der Waals surface area (Å²) in [5.41, 5.74) is 0.452. The summed E-state index contributed by atoms with van der Waals surface area (Å²) in [6.07, 6.45) is 1.48. The van der Waals surface area contributed by atoms with Gasteiger partial charge in [-0.05, 0) is 35.7 Å². The smallest absolute Gasteiger partial charge is 0.340 e. The number of amides is 1. The first-order valence-corrected chi connectivity index (χ1v) is 9.99. The van der Waals surface area contributed by atoms with Gasteiger partial charge in [0.2, 0.25) is 0 Å². The number of halogens is 2. The zero-order valence-electron chi connectivity index (χ0n) is 14.9. The Labute approximate surface area is 171 Å². The molecule has 0 unspecified atom stereocenters. The summed E-state index contributed by atoms with van der Waals surface area (Å²) in [5.74, 6) is -3.17. The number of ether oxygens (including phenoxy) is 1. The number of rotatable bonds is 4. The predicted molar refractivity (Wildman–Crippen MR) is 109 cm³/mol. The van der Waals surface area contributed by atoms with Crippen LogP contribution in [-0.4, -0.2) is 24.0 Å². The molecule has 4 rings (SSSR count). The van der Waals surface area contributed by atoms with Gasteiger partial charge in [0.25, 0.3) is 5.91 Å². The zero-order chi connectivity index (χ0) is 20.5. The average molecular weight is 430 g/mol. The molecule has 4 aromatic rings. The number of esters is 1. The number of nitrogens with one attached hydrogen (secondary N) is 1. The summed E-state index contributed by atoms with van der Waals surface area (Å²) in [6, 6.07) is 8.28. The van der Waals surface area contributed by atoms with Crippen molar-refractivity contribution in [2.24, 2.45) is 0 Å². The van der Waals surface area contributed by atoms with Gasteiger partial charge in [0.05, 0.1) is 22.3 Å². The Balaban J connectivity index is 1.64. The number of anilines is 1. The fraction of sp³-hybridized carbons (Fsp3) is 0.0500. The molecule has 0 bridgehead atoms. The summed E-state index contributed by atoms with van der Waals surface area (Å²) < 4.78 is 34.2. The van der Waals surface area contributed by atoms with E-state index in [1.54, 1.807) is 6.07 Å². The van der Waals surface area contributed by atoms with Crippen molar-refractivity contribution in [2.45, 2.75) is 0 Å². The molecular weight excluding hydrogens is 418 g/mol. The van der Waals surface area contributed by atoms with Gasteiger partial charge >= 0.3 is 5.97 Å². The molecule has 29 heavy (non-hydrogen) atoms. The molecule has 9 heteroatoms. The Morgan fingerprint density at radius 3 is 2.48 bits per heavy atom. The van der Waals surface area contributed by atoms with Gasteiger partial charge in [-0.1, -0.05) is 6.07 Å². The van der Waals surface area contributed by atoms with Crippen LogP contribution in [0.3, 0.4) is 0 Å². The maximum absolute atomic E-state index is 13.8. The molecule has 146 valence electrons. The number of thiophene rings is 2. The lowest BCUT2D eigenvalue weighted by Gasteiger charge is -2.07. The number of carbonyl (C=O) groups excluding carboxylic acids is 2. The van der Waals surface area contributed by atoms with Crippen molar-refractivity contribution >= 4 is 49.8 Å². The lowest BCUT2D eigenvalue weighted by Crippen LogP contribution is -2.16. The summed E-state index contributed by atoms with van der Waals surface area (Å²) in [6.45, 7) is 0. The Hall–Kier alpha value is -3.17. The van der Waals surface area contributed by atoms with Crippen LogP contribution in [0.4, 0.5) is 14.6 Å². The molecule has 1 amide bonds. The topological polar surface area (TPSA) is 68.3 Å². The van der Waals surface area contributed by atoms with Crippen LogP contribution in [0.5, 0.6) is 0 Å². The van der Waals surface area contributed by atoms with E-state index in [0.717, 1.165) is 21.5 Å². The summed E-state index contributed by atoms with van der Waals surface area (Å²) >= 11 is 2.88. The number of carbonyl (C=O) groups is 2. The maximum atomic E-state index is 13.8. The minimum atomic E-state index is -0.958.